The smallest absolute Gasteiger partial charge is 0.251 e. The molecule has 0 atom stereocenters. The van der Waals surface area contributed by atoms with Crippen LogP contribution in [0.2, 0.25) is 0 Å². The minimum absolute atomic E-state index is 0.130. The summed E-state index contributed by atoms with van der Waals surface area (Å²) in [5.41, 5.74) is -0.385. The van der Waals surface area contributed by atoms with E-state index in [4.69, 9.17) is 5.11 Å². The van der Waals surface area contributed by atoms with Crippen molar-refractivity contribution in [2.75, 3.05) is 6.54 Å². The second kappa shape index (κ2) is 5.61. The maximum Gasteiger partial charge on any atom is 0.251 e. The van der Waals surface area contributed by atoms with Crippen molar-refractivity contribution < 1.29 is 9.90 Å². The summed E-state index contributed by atoms with van der Waals surface area (Å²) >= 11 is 0. The van der Waals surface area contributed by atoms with E-state index in [-0.39, 0.29) is 11.4 Å². The fourth-order valence-corrected chi connectivity index (χ4v) is 1.13. The highest BCUT2D eigenvalue weighted by Crippen LogP contribution is 2.03. The van der Waals surface area contributed by atoms with E-state index in [9.17, 15) is 9.59 Å². The summed E-state index contributed by atoms with van der Waals surface area (Å²) in [6, 6.07) is 2.32. The molecule has 0 aromatic carbocycles. The molecule has 0 aliphatic rings. The molecule has 1 heterocycles. The van der Waals surface area contributed by atoms with Crippen LogP contribution in [-0.2, 0) is 0 Å². The standard InChI is InChI=1S/C11H12N2O3/c1-2-3-4-5-12-11(16)8-6-9(14)13-10(15)7-8/h6-7H,4-5H2,1H3,(H,12,16)(H2,13,14,15). The lowest BCUT2D eigenvalue weighted by atomic mass is 10.2. The van der Waals surface area contributed by atoms with Gasteiger partial charge in [0, 0.05) is 25.1 Å². The third kappa shape index (κ3) is 3.50. The minimum atomic E-state index is -0.515. The molecule has 0 saturated heterocycles. The molecular formula is C11H12N2O3. The van der Waals surface area contributed by atoms with Crippen LogP contribution in [0.3, 0.4) is 0 Å². The Kier molecular flexibility index (Phi) is 4.16. The number of H-pyrrole nitrogens is 1. The van der Waals surface area contributed by atoms with Crippen LogP contribution in [0.5, 0.6) is 5.88 Å². The van der Waals surface area contributed by atoms with E-state index >= 15 is 0 Å². The van der Waals surface area contributed by atoms with E-state index < -0.39 is 11.5 Å². The Morgan fingerprint density at radius 2 is 2.31 bits per heavy atom. The molecule has 5 heteroatoms. The Balaban J connectivity index is 2.65. The first-order chi connectivity index (χ1) is 7.63. The molecular weight excluding hydrogens is 208 g/mol. The number of nitrogens with one attached hydrogen (secondary N) is 2. The maximum absolute atomic E-state index is 11.5. The normalized spacial score (nSPS) is 9.06. The molecule has 0 spiro atoms. The van der Waals surface area contributed by atoms with Gasteiger partial charge in [-0.25, -0.2) is 0 Å². The van der Waals surface area contributed by atoms with Gasteiger partial charge in [-0.3, -0.25) is 14.6 Å². The number of amides is 1. The summed E-state index contributed by atoms with van der Waals surface area (Å²) in [5, 5.41) is 11.7. The van der Waals surface area contributed by atoms with E-state index in [1.54, 1.807) is 6.92 Å². The Hall–Kier alpha value is -2.22. The second-order valence-electron chi connectivity index (χ2n) is 3.05. The summed E-state index contributed by atoms with van der Waals surface area (Å²) in [4.78, 5) is 24.6. The van der Waals surface area contributed by atoms with Gasteiger partial charge in [0.1, 0.15) is 0 Å². The van der Waals surface area contributed by atoms with E-state index in [1.165, 1.54) is 6.07 Å². The van der Waals surface area contributed by atoms with Crippen molar-refractivity contribution in [2.24, 2.45) is 0 Å². The molecule has 0 aliphatic carbocycles. The molecule has 0 bridgehead atoms. The minimum Gasteiger partial charge on any atom is -0.494 e. The van der Waals surface area contributed by atoms with E-state index in [0.29, 0.717) is 13.0 Å². The van der Waals surface area contributed by atoms with Crippen molar-refractivity contribution >= 4 is 5.91 Å². The van der Waals surface area contributed by atoms with Crippen molar-refractivity contribution in [3.05, 3.63) is 28.0 Å². The molecule has 0 fully saturated rings. The number of aromatic nitrogens is 1. The van der Waals surface area contributed by atoms with Crippen LogP contribution in [0.25, 0.3) is 0 Å². The van der Waals surface area contributed by atoms with Gasteiger partial charge in [0.15, 0.2) is 5.88 Å². The van der Waals surface area contributed by atoms with Crippen LogP contribution in [-0.4, -0.2) is 22.5 Å². The van der Waals surface area contributed by atoms with Gasteiger partial charge in [0.25, 0.3) is 11.5 Å². The second-order valence-corrected chi connectivity index (χ2v) is 3.05. The fraction of sp³-hybridized carbons (Fsp3) is 0.273. The first-order valence-corrected chi connectivity index (χ1v) is 4.74. The lowest BCUT2D eigenvalue weighted by Gasteiger charge is -2.02. The van der Waals surface area contributed by atoms with Crippen molar-refractivity contribution in [1.29, 1.82) is 0 Å². The van der Waals surface area contributed by atoms with Gasteiger partial charge in [-0.15, -0.1) is 11.8 Å². The van der Waals surface area contributed by atoms with Crippen molar-refractivity contribution in [1.82, 2.24) is 10.3 Å². The summed E-state index contributed by atoms with van der Waals surface area (Å²) in [7, 11) is 0. The molecule has 0 saturated carbocycles. The highest BCUT2D eigenvalue weighted by Gasteiger charge is 2.06. The van der Waals surface area contributed by atoms with E-state index in [2.05, 4.69) is 22.1 Å². The number of hydrogen-bond donors (Lipinski definition) is 3. The molecule has 16 heavy (non-hydrogen) atoms. The Labute approximate surface area is 92.5 Å². The average Bonchev–Trinajstić information content (AvgIpc) is 2.22. The van der Waals surface area contributed by atoms with Crippen LogP contribution >= 0.6 is 0 Å². The van der Waals surface area contributed by atoms with Gasteiger partial charge >= 0.3 is 0 Å². The predicted octanol–water partition coefficient (Wildman–Crippen LogP) is 0.224. The zero-order chi connectivity index (χ0) is 12.0. The first kappa shape index (κ1) is 11.9. The van der Waals surface area contributed by atoms with Gasteiger partial charge in [0.2, 0.25) is 0 Å². The molecule has 1 aromatic rings. The molecule has 84 valence electrons. The van der Waals surface area contributed by atoms with Crippen LogP contribution < -0.4 is 10.9 Å². The molecule has 0 radical (unpaired) electrons. The highest BCUT2D eigenvalue weighted by atomic mass is 16.3. The van der Waals surface area contributed by atoms with Crippen LogP contribution in [0.1, 0.15) is 23.7 Å². The molecule has 1 rings (SSSR count). The summed E-state index contributed by atoms with van der Waals surface area (Å²) in [5.74, 6) is 4.77. The van der Waals surface area contributed by atoms with Gasteiger partial charge < -0.3 is 10.4 Å². The molecule has 5 nitrogen and oxygen atoms in total. The predicted molar refractivity (Wildman–Crippen MR) is 59.1 cm³/mol. The monoisotopic (exact) mass is 220 g/mol. The topological polar surface area (TPSA) is 82.2 Å². The third-order valence-electron chi connectivity index (χ3n) is 1.80. The molecule has 1 amide bonds. The van der Waals surface area contributed by atoms with Gasteiger partial charge in [-0.05, 0) is 6.92 Å². The Morgan fingerprint density at radius 3 is 2.94 bits per heavy atom. The average molecular weight is 220 g/mol. The number of rotatable bonds is 3. The Bertz CT molecular complexity index is 494. The number of carbonyl (C=O) groups excluding carboxylic acids is 1. The van der Waals surface area contributed by atoms with E-state index in [0.717, 1.165) is 6.07 Å². The largest absolute Gasteiger partial charge is 0.494 e. The lowest BCUT2D eigenvalue weighted by molar-refractivity contribution is 0.0954. The summed E-state index contributed by atoms with van der Waals surface area (Å²) in [6.45, 7) is 2.13. The van der Waals surface area contributed by atoms with E-state index in [1.807, 2.05) is 0 Å². The molecule has 1 aromatic heterocycles. The van der Waals surface area contributed by atoms with Gasteiger partial charge in [-0.2, -0.15) is 0 Å². The highest BCUT2D eigenvalue weighted by molar-refractivity contribution is 5.94. The fourth-order valence-electron chi connectivity index (χ4n) is 1.13. The molecule has 0 aliphatic heterocycles. The van der Waals surface area contributed by atoms with Crippen molar-refractivity contribution in [3.63, 3.8) is 0 Å². The number of aromatic amines is 1. The number of hydrogen-bond acceptors (Lipinski definition) is 3. The number of carbonyl (C=O) groups is 1. The first-order valence-electron chi connectivity index (χ1n) is 4.74. The van der Waals surface area contributed by atoms with Crippen LogP contribution in [0, 0.1) is 11.8 Å². The van der Waals surface area contributed by atoms with Crippen molar-refractivity contribution in [2.45, 2.75) is 13.3 Å². The molecule has 0 unspecified atom stereocenters. The lowest BCUT2D eigenvalue weighted by Crippen LogP contribution is -2.25. The van der Waals surface area contributed by atoms with Gasteiger partial charge in [-0.1, -0.05) is 0 Å². The van der Waals surface area contributed by atoms with Gasteiger partial charge in [0.05, 0.1) is 5.56 Å². The third-order valence-corrected chi connectivity index (χ3v) is 1.80. The molecule has 3 N–H and O–H groups in total. The quantitative estimate of drug-likeness (QED) is 0.503. The Morgan fingerprint density at radius 1 is 1.56 bits per heavy atom. The van der Waals surface area contributed by atoms with Crippen molar-refractivity contribution in [3.8, 4) is 17.7 Å². The van der Waals surface area contributed by atoms with Crippen LogP contribution in [0.4, 0.5) is 0 Å². The summed E-state index contributed by atoms with van der Waals surface area (Å²) < 4.78 is 0. The number of aromatic hydroxyl groups is 1. The summed E-state index contributed by atoms with van der Waals surface area (Å²) in [6.07, 6.45) is 0.553. The number of pyridine rings is 1. The SMILES string of the molecule is CC#CCCNC(=O)c1cc(O)[nH]c(=O)c1. The zero-order valence-electron chi connectivity index (χ0n) is 8.83. The maximum atomic E-state index is 11.5. The zero-order valence-corrected chi connectivity index (χ0v) is 8.83. The van der Waals surface area contributed by atoms with Crippen LogP contribution in [0.15, 0.2) is 16.9 Å².